The van der Waals surface area contributed by atoms with Gasteiger partial charge in [-0.2, -0.15) is 18.3 Å². The molecule has 0 aliphatic heterocycles. The van der Waals surface area contributed by atoms with Crippen molar-refractivity contribution in [2.75, 3.05) is 13.1 Å². The highest BCUT2D eigenvalue weighted by Crippen LogP contribution is 2.26. The van der Waals surface area contributed by atoms with E-state index in [4.69, 9.17) is 14.9 Å². The number of benzene rings is 3. The van der Waals surface area contributed by atoms with Crippen LogP contribution in [-0.2, 0) is 18.4 Å². The number of amides is 1. The number of aromatic amines is 1. The summed E-state index contributed by atoms with van der Waals surface area (Å²) in [6, 6.07) is 26.7. The van der Waals surface area contributed by atoms with Gasteiger partial charge in [-0.1, -0.05) is 54.6 Å². The molecule has 4 N–H and O–H groups in total. The van der Waals surface area contributed by atoms with E-state index in [0.717, 1.165) is 40.1 Å². The first kappa shape index (κ1) is 29.0. The lowest BCUT2D eigenvalue weighted by Gasteiger charge is -2.09. The van der Waals surface area contributed by atoms with Gasteiger partial charge in [0.25, 0.3) is 5.91 Å². The molecule has 41 heavy (non-hydrogen) atoms. The average Bonchev–Trinajstić information content (AvgIpc) is 3.59. The van der Waals surface area contributed by atoms with Crippen LogP contribution in [0.1, 0.15) is 16.1 Å². The monoisotopic (exact) mass is 564 g/mol. The Labute approximate surface area is 233 Å². The fraction of sp³-hybridized carbons (Fsp3) is 0.172. The number of hydrogen-bond acceptors (Lipinski definition) is 5. The summed E-state index contributed by atoms with van der Waals surface area (Å²) in [5.41, 5.74) is 7.12. The quantitative estimate of drug-likeness (QED) is 0.201. The molecule has 5 aromatic rings. The molecule has 0 aliphatic carbocycles. The van der Waals surface area contributed by atoms with Crippen molar-refractivity contribution in [1.29, 1.82) is 0 Å². The normalized spacial score (nSPS) is 11.1. The van der Waals surface area contributed by atoms with Gasteiger partial charge in [-0.05, 0) is 41.0 Å². The Hall–Kier alpha value is -4.97. The third-order valence-electron chi connectivity index (χ3n) is 6.03. The number of hydrogen-bond donors (Lipinski definition) is 4. The molecule has 0 radical (unpaired) electrons. The van der Waals surface area contributed by atoms with Gasteiger partial charge in [-0.15, -0.1) is 0 Å². The van der Waals surface area contributed by atoms with Gasteiger partial charge in [0.1, 0.15) is 11.5 Å². The summed E-state index contributed by atoms with van der Waals surface area (Å²) in [7, 11) is 1.76. The minimum absolute atomic E-state index is 0.115. The maximum absolute atomic E-state index is 12.1. The molecule has 2 aromatic heterocycles. The lowest BCUT2D eigenvalue weighted by atomic mass is 10.0. The maximum Gasteiger partial charge on any atom is 0.490 e. The van der Waals surface area contributed by atoms with E-state index in [0.29, 0.717) is 18.8 Å². The number of rotatable bonds is 8. The molecular weight excluding hydrogens is 537 g/mol. The van der Waals surface area contributed by atoms with E-state index in [1.165, 1.54) is 5.56 Å². The molecule has 9 nitrogen and oxygen atoms in total. The molecule has 212 valence electrons. The van der Waals surface area contributed by atoms with E-state index >= 15 is 0 Å². The largest absolute Gasteiger partial charge is 0.490 e. The molecule has 0 spiro atoms. The number of carboxylic acids is 1. The number of nitrogens with zero attached hydrogens (tertiary/aromatic N) is 3. The molecule has 0 atom stereocenters. The van der Waals surface area contributed by atoms with Crippen molar-refractivity contribution in [3.8, 4) is 22.5 Å². The van der Waals surface area contributed by atoms with Gasteiger partial charge >= 0.3 is 12.1 Å². The lowest BCUT2D eigenvalue weighted by Crippen LogP contribution is -2.32. The van der Waals surface area contributed by atoms with E-state index in [-0.39, 0.29) is 5.91 Å². The van der Waals surface area contributed by atoms with E-state index in [9.17, 15) is 18.0 Å². The van der Waals surface area contributed by atoms with Crippen LogP contribution >= 0.6 is 0 Å². The summed E-state index contributed by atoms with van der Waals surface area (Å²) >= 11 is 0. The van der Waals surface area contributed by atoms with Gasteiger partial charge in [0.05, 0.1) is 11.0 Å². The van der Waals surface area contributed by atoms with Gasteiger partial charge in [0.2, 0.25) is 0 Å². The SMILES string of the molecule is Cn1nccc1C(=O)NCCNCc1ccc(-c2cccc(-c3nc4ccccc4[nH]3)c2)cc1.O=C(O)C(F)(F)F. The summed E-state index contributed by atoms with van der Waals surface area (Å²) in [6.07, 6.45) is -3.47. The number of alkyl halides is 3. The Morgan fingerprint density at radius 3 is 2.29 bits per heavy atom. The fourth-order valence-electron chi connectivity index (χ4n) is 3.93. The Balaban J connectivity index is 0.000000493. The van der Waals surface area contributed by atoms with Crippen LogP contribution in [0.25, 0.3) is 33.5 Å². The fourth-order valence-corrected chi connectivity index (χ4v) is 3.93. The van der Waals surface area contributed by atoms with Gasteiger partial charge < -0.3 is 20.7 Å². The minimum Gasteiger partial charge on any atom is -0.475 e. The maximum atomic E-state index is 12.1. The van der Waals surface area contributed by atoms with Crippen LogP contribution in [0.2, 0.25) is 0 Å². The first-order valence-corrected chi connectivity index (χ1v) is 12.5. The van der Waals surface area contributed by atoms with E-state index in [2.05, 4.69) is 69.2 Å². The van der Waals surface area contributed by atoms with Crippen molar-refractivity contribution in [3.05, 3.63) is 96.3 Å². The van der Waals surface area contributed by atoms with Crippen LogP contribution in [0.15, 0.2) is 85.1 Å². The summed E-state index contributed by atoms with van der Waals surface area (Å²) in [5.74, 6) is -2.00. The van der Waals surface area contributed by atoms with Gasteiger partial charge in [-0.3, -0.25) is 9.48 Å². The van der Waals surface area contributed by atoms with Crippen LogP contribution in [0.3, 0.4) is 0 Å². The van der Waals surface area contributed by atoms with Crippen LogP contribution in [0, 0.1) is 0 Å². The van der Waals surface area contributed by atoms with Crippen molar-refractivity contribution >= 4 is 22.9 Å². The molecular formula is C29H27F3N6O3. The summed E-state index contributed by atoms with van der Waals surface area (Å²) in [5, 5.41) is 17.4. The highest BCUT2D eigenvalue weighted by Gasteiger charge is 2.38. The first-order valence-electron chi connectivity index (χ1n) is 12.5. The van der Waals surface area contributed by atoms with Gasteiger partial charge in [0, 0.05) is 38.4 Å². The second-order valence-electron chi connectivity index (χ2n) is 8.96. The van der Waals surface area contributed by atoms with Crippen LogP contribution in [0.4, 0.5) is 13.2 Å². The van der Waals surface area contributed by atoms with Crippen molar-refractivity contribution in [2.45, 2.75) is 12.7 Å². The second kappa shape index (κ2) is 12.9. The number of carbonyl (C=O) groups is 2. The van der Waals surface area contributed by atoms with Gasteiger partial charge in [0.15, 0.2) is 0 Å². The number of carbonyl (C=O) groups excluding carboxylic acids is 1. The zero-order valence-corrected chi connectivity index (χ0v) is 21.9. The molecule has 0 aliphatic rings. The van der Waals surface area contributed by atoms with Crippen LogP contribution in [0.5, 0.6) is 0 Å². The molecule has 0 fully saturated rings. The Bertz CT molecular complexity index is 1590. The second-order valence-corrected chi connectivity index (χ2v) is 8.96. The number of imidazole rings is 1. The number of aromatic nitrogens is 4. The number of para-hydroxylation sites is 2. The Kier molecular flexibility index (Phi) is 9.15. The zero-order chi connectivity index (χ0) is 29.4. The number of aliphatic carboxylic acids is 1. The molecule has 0 bridgehead atoms. The Morgan fingerprint density at radius 2 is 1.63 bits per heavy atom. The number of fused-ring (bicyclic) bond motifs is 1. The number of halogens is 3. The van der Waals surface area contributed by atoms with Crippen molar-refractivity contribution in [3.63, 3.8) is 0 Å². The van der Waals surface area contributed by atoms with E-state index in [1.54, 1.807) is 24.0 Å². The zero-order valence-electron chi connectivity index (χ0n) is 21.9. The van der Waals surface area contributed by atoms with Crippen molar-refractivity contribution in [1.82, 2.24) is 30.4 Å². The molecule has 12 heteroatoms. The standard InChI is InChI=1S/C27H26N6O.C2HF3O2/c1-33-25(13-14-30-33)27(34)29-16-15-28-18-19-9-11-20(12-10-19)21-5-4-6-22(17-21)26-31-23-7-2-3-8-24(23)32-26;3-2(4,5)1(6)7/h2-14,17,28H,15-16,18H2,1H3,(H,29,34)(H,31,32);(H,6,7). The molecule has 2 heterocycles. The number of aryl methyl sites for hydroxylation is 1. The molecule has 0 unspecified atom stereocenters. The van der Waals surface area contributed by atoms with Crippen LogP contribution < -0.4 is 10.6 Å². The summed E-state index contributed by atoms with van der Waals surface area (Å²) in [4.78, 5) is 29.1. The smallest absolute Gasteiger partial charge is 0.475 e. The lowest BCUT2D eigenvalue weighted by molar-refractivity contribution is -0.192. The number of nitrogens with one attached hydrogen (secondary N) is 3. The van der Waals surface area contributed by atoms with Crippen molar-refractivity contribution in [2.24, 2.45) is 7.05 Å². The topological polar surface area (TPSA) is 125 Å². The van der Waals surface area contributed by atoms with Gasteiger partial charge in [-0.25, -0.2) is 9.78 Å². The average molecular weight is 565 g/mol. The predicted molar refractivity (Wildman–Crippen MR) is 148 cm³/mol. The molecule has 0 saturated heterocycles. The molecule has 1 amide bonds. The third-order valence-corrected chi connectivity index (χ3v) is 6.03. The Morgan fingerprint density at radius 1 is 0.927 bits per heavy atom. The molecule has 5 rings (SSSR count). The van der Waals surface area contributed by atoms with Crippen molar-refractivity contribution < 1.29 is 27.9 Å². The highest BCUT2D eigenvalue weighted by molar-refractivity contribution is 5.92. The highest BCUT2D eigenvalue weighted by atomic mass is 19.4. The van der Waals surface area contributed by atoms with E-state index in [1.807, 2.05) is 24.3 Å². The predicted octanol–water partition coefficient (Wildman–Crippen LogP) is 4.78. The third kappa shape index (κ3) is 7.79. The minimum atomic E-state index is -5.08. The first-order chi connectivity index (χ1) is 19.6. The molecule has 0 saturated carbocycles. The van der Waals surface area contributed by atoms with Crippen LogP contribution in [-0.4, -0.2) is 56.0 Å². The number of H-pyrrole nitrogens is 1. The summed E-state index contributed by atoms with van der Waals surface area (Å²) in [6.45, 7) is 1.97. The van der Waals surface area contributed by atoms with E-state index < -0.39 is 12.1 Å². The molecule has 3 aromatic carbocycles. The number of carboxylic acid groups (broad SMARTS) is 1. The summed E-state index contributed by atoms with van der Waals surface area (Å²) < 4.78 is 33.3.